The summed E-state index contributed by atoms with van der Waals surface area (Å²) >= 11 is 6.15. The zero-order valence-corrected chi connectivity index (χ0v) is 13.0. The zero-order valence-electron chi connectivity index (χ0n) is 12.3. The molecule has 0 aliphatic carbocycles. The van der Waals surface area contributed by atoms with Gasteiger partial charge in [0, 0.05) is 17.3 Å². The molecular weight excluding hydrogens is 300 g/mol. The summed E-state index contributed by atoms with van der Waals surface area (Å²) in [5.41, 5.74) is 1.57. The van der Waals surface area contributed by atoms with Gasteiger partial charge in [0.2, 0.25) is 0 Å². The van der Waals surface area contributed by atoms with Crippen molar-refractivity contribution in [2.75, 3.05) is 13.1 Å². The first kappa shape index (κ1) is 15.1. The molecule has 6 heteroatoms. The van der Waals surface area contributed by atoms with Gasteiger partial charge in [0.15, 0.2) is 0 Å². The number of hydrogen-bond acceptors (Lipinski definition) is 3. The highest BCUT2D eigenvalue weighted by molar-refractivity contribution is 6.31. The van der Waals surface area contributed by atoms with E-state index in [1.54, 1.807) is 17.1 Å². The minimum atomic E-state index is -0.0580. The van der Waals surface area contributed by atoms with Gasteiger partial charge in [-0.2, -0.15) is 5.10 Å². The summed E-state index contributed by atoms with van der Waals surface area (Å²) in [5, 5.41) is 11.3. The Morgan fingerprint density at radius 2 is 2.14 bits per heavy atom. The summed E-state index contributed by atoms with van der Waals surface area (Å²) in [6.07, 6.45) is 5.31. The number of aromatic nitrogens is 2. The molecule has 0 unspecified atom stereocenters. The molecule has 116 valence electrons. The van der Waals surface area contributed by atoms with Crippen LogP contribution >= 0.6 is 11.6 Å². The second-order valence-corrected chi connectivity index (χ2v) is 5.92. The lowest BCUT2D eigenvalue weighted by atomic mass is 10.1. The third kappa shape index (κ3) is 3.67. The Kier molecular flexibility index (Phi) is 4.75. The van der Waals surface area contributed by atoms with Crippen molar-refractivity contribution in [1.82, 2.24) is 20.4 Å². The van der Waals surface area contributed by atoms with Crippen LogP contribution in [-0.4, -0.2) is 34.8 Å². The highest BCUT2D eigenvalue weighted by atomic mass is 35.5. The van der Waals surface area contributed by atoms with Gasteiger partial charge in [-0.25, -0.2) is 0 Å². The molecule has 3 rings (SSSR count). The standard InChI is InChI=1S/C16H19ClN4O/c17-15-4-2-1-3-12(15)10-21-11-13(9-19-21)16(22)20-14-5-7-18-8-6-14/h1-4,9,11,14,18H,5-8,10H2,(H,20,22). The Morgan fingerprint density at radius 1 is 1.36 bits per heavy atom. The summed E-state index contributed by atoms with van der Waals surface area (Å²) in [6, 6.07) is 7.90. The Morgan fingerprint density at radius 3 is 2.91 bits per heavy atom. The molecule has 22 heavy (non-hydrogen) atoms. The number of piperidine rings is 1. The highest BCUT2D eigenvalue weighted by Crippen LogP contribution is 2.16. The molecule has 1 amide bonds. The van der Waals surface area contributed by atoms with Gasteiger partial charge >= 0.3 is 0 Å². The van der Waals surface area contributed by atoms with Gasteiger partial charge in [-0.1, -0.05) is 29.8 Å². The van der Waals surface area contributed by atoms with E-state index in [-0.39, 0.29) is 11.9 Å². The molecule has 1 aliphatic rings. The lowest BCUT2D eigenvalue weighted by molar-refractivity contribution is 0.0929. The molecule has 2 N–H and O–H groups in total. The Hall–Kier alpha value is -1.85. The fourth-order valence-electron chi connectivity index (χ4n) is 2.60. The number of nitrogens with one attached hydrogen (secondary N) is 2. The van der Waals surface area contributed by atoms with Gasteiger partial charge in [-0.3, -0.25) is 9.48 Å². The van der Waals surface area contributed by atoms with Crippen LogP contribution in [0.2, 0.25) is 5.02 Å². The fraction of sp³-hybridized carbons (Fsp3) is 0.375. The van der Waals surface area contributed by atoms with E-state index in [9.17, 15) is 4.79 Å². The average molecular weight is 319 g/mol. The molecule has 0 atom stereocenters. The lowest BCUT2D eigenvalue weighted by Crippen LogP contribution is -2.42. The van der Waals surface area contributed by atoms with E-state index >= 15 is 0 Å². The number of benzene rings is 1. The number of nitrogens with zero attached hydrogens (tertiary/aromatic N) is 2. The van der Waals surface area contributed by atoms with Crippen LogP contribution in [0.4, 0.5) is 0 Å². The molecule has 0 saturated carbocycles. The van der Waals surface area contributed by atoms with E-state index in [2.05, 4.69) is 15.7 Å². The van der Waals surface area contributed by atoms with Crippen molar-refractivity contribution >= 4 is 17.5 Å². The predicted molar refractivity (Wildman–Crippen MR) is 86.1 cm³/mol. The SMILES string of the molecule is O=C(NC1CCNCC1)c1cnn(Cc2ccccc2Cl)c1. The van der Waals surface area contributed by atoms with E-state index in [1.165, 1.54) is 0 Å². The molecule has 2 aromatic rings. The van der Waals surface area contributed by atoms with E-state index in [1.807, 2.05) is 24.3 Å². The first-order valence-corrected chi connectivity index (χ1v) is 7.87. The molecule has 0 radical (unpaired) electrons. The van der Waals surface area contributed by atoms with Crippen LogP contribution in [0.25, 0.3) is 0 Å². The van der Waals surface area contributed by atoms with Crippen LogP contribution < -0.4 is 10.6 Å². The third-order valence-corrected chi connectivity index (χ3v) is 4.23. The second kappa shape index (κ2) is 6.94. The summed E-state index contributed by atoms with van der Waals surface area (Å²) in [4.78, 5) is 12.2. The first-order valence-electron chi connectivity index (χ1n) is 7.50. The van der Waals surface area contributed by atoms with Crippen molar-refractivity contribution in [1.29, 1.82) is 0 Å². The molecule has 0 bridgehead atoms. The van der Waals surface area contributed by atoms with Crippen molar-refractivity contribution in [3.8, 4) is 0 Å². The molecule has 1 fully saturated rings. The van der Waals surface area contributed by atoms with Crippen molar-refractivity contribution in [3.05, 3.63) is 52.8 Å². The van der Waals surface area contributed by atoms with Gasteiger partial charge in [0.25, 0.3) is 5.91 Å². The van der Waals surface area contributed by atoms with Crippen molar-refractivity contribution < 1.29 is 4.79 Å². The third-order valence-electron chi connectivity index (χ3n) is 3.86. The van der Waals surface area contributed by atoms with Gasteiger partial charge in [0.1, 0.15) is 0 Å². The molecular formula is C16H19ClN4O. The quantitative estimate of drug-likeness (QED) is 0.907. The molecule has 0 spiro atoms. The number of carbonyl (C=O) groups excluding carboxylic acids is 1. The maximum absolute atomic E-state index is 12.2. The van der Waals surface area contributed by atoms with Crippen molar-refractivity contribution in [2.24, 2.45) is 0 Å². The van der Waals surface area contributed by atoms with Crippen LogP contribution in [0.15, 0.2) is 36.7 Å². The number of amides is 1. The number of carbonyl (C=O) groups is 1. The molecule has 1 aromatic carbocycles. The average Bonchev–Trinajstić information content (AvgIpc) is 2.99. The number of hydrogen-bond donors (Lipinski definition) is 2. The molecule has 1 aliphatic heterocycles. The second-order valence-electron chi connectivity index (χ2n) is 5.52. The minimum absolute atomic E-state index is 0.0580. The van der Waals surface area contributed by atoms with Crippen molar-refractivity contribution in [3.63, 3.8) is 0 Å². The summed E-state index contributed by atoms with van der Waals surface area (Å²) in [6.45, 7) is 2.47. The fourth-order valence-corrected chi connectivity index (χ4v) is 2.80. The van der Waals surface area contributed by atoms with Gasteiger partial charge < -0.3 is 10.6 Å². The molecule has 5 nitrogen and oxygen atoms in total. The summed E-state index contributed by atoms with van der Waals surface area (Å²) in [5.74, 6) is -0.0580. The number of halogens is 1. The van der Waals surface area contributed by atoms with E-state index < -0.39 is 0 Å². The Labute approximate surface area is 134 Å². The van der Waals surface area contributed by atoms with Gasteiger partial charge in [-0.05, 0) is 37.6 Å². The van der Waals surface area contributed by atoms with Crippen LogP contribution in [0.1, 0.15) is 28.8 Å². The lowest BCUT2D eigenvalue weighted by Gasteiger charge is -2.23. The monoisotopic (exact) mass is 318 g/mol. The summed E-state index contributed by atoms with van der Waals surface area (Å²) < 4.78 is 1.73. The Balaban J connectivity index is 1.63. The molecule has 1 saturated heterocycles. The summed E-state index contributed by atoms with van der Waals surface area (Å²) in [7, 11) is 0. The predicted octanol–water partition coefficient (Wildman–Crippen LogP) is 2.07. The van der Waals surface area contributed by atoms with Crippen LogP contribution in [-0.2, 0) is 6.54 Å². The Bertz CT molecular complexity index is 649. The van der Waals surface area contributed by atoms with E-state index in [4.69, 9.17) is 11.6 Å². The minimum Gasteiger partial charge on any atom is -0.349 e. The molecule has 2 heterocycles. The number of rotatable bonds is 4. The van der Waals surface area contributed by atoms with Crippen LogP contribution in [0, 0.1) is 0 Å². The van der Waals surface area contributed by atoms with Gasteiger partial charge in [0.05, 0.1) is 18.3 Å². The van der Waals surface area contributed by atoms with E-state index in [0.717, 1.165) is 31.5 Å². The topological polar surface area (TPSA) is 59.0 Å². The maximum Gasteiger partial charge on any atom is 0.254 e. The normalized spacial score (nSPS) is 15.7. The molecule has 1 aromatic heterocycles. The van der Waals surface area contributed by atoms with Gasteiger partial charge in [-0.15, -0.1) is 0 Å². The maximum atomic E-state index is 12.2. The zero-order chi connectivity index (χ0) is 15.4. The largest absolute Gasteiger partial charge is 0.349 e. The first-order chi connectivity index (χ1) is 10.7. The van der Waals surface area contributed by atoms with Crippen LogP contribution in [0.5, 0.6) is 0 Å². The highest BCUT2D eigenvalue weighted by Gasteiger charge is 2.17. The van der Waals surface area contributed by atoms with E-state index in [0.29, 0.717) is 17.1 Å². The van der Waals surface area contributed by atoms with Crippen molar-refractivity contribution in [2.45, 2.75) is 25.4 Å². The van der Waals surface area contributed by atoms with Crippen LogP contribution in [0.3, 0.4) is 0 Å². The smallest absolute Gasteiger partial charge is 0.254 e.